The van der Waals surface area contributed by atoms with Crippen molar-refractivity contribution in [3.63, 3.8) is 0 Å². The van der Waals surface area contributed by atoms with Crippen molar-refractivity contribution in [1.29, 1.82) is 0 Å². The van der Waals surface area contributed by atoms with E-state index in [-0.39, 0.29) is 5.91 Å². The summed E-state index contributed by atoms with van der Waals surface area (Å²) in [6, 6.07) is 13.5. The molecular weight excluding hydrogens is 286 g/mol. The van der Waals surface area contributed by atoms with Gasteiger partial charge < -0.3 is 9.88 Å². The number of hydrogen-bond acceptors (Lipinski definition) is 2. The molecule has 1 amide bonds. The van der Waals surface area contributed by atoms with Gasteiger partial charge in [-0.1, -0.05) is 29.8 Å². The number of amides is 1. The van der Waals surface area contributed by atoms with Gasteiger partial charge in [0.2, 0.25) is 5.91 Å². The Labute approximate surface area is 127 Å². The molecule has 0 spiro atoms. The first kappa shape index (κ1) is 13.6. The van der Waals surface area contributed by atoms with Crippen LogP contribution >= 0.6 is 11.6 Å². The van der Waals surface area contributed by atoms with Crippen LogP contribution in [0, 0.1) is 0 Å². The molecule has 5 heteroatoms. The lowest BCUT2D eigenvalue weighted by atomic mass is 10.2. The van der Waals surface area contributed by atoms with Gasteiger partial charge in [-0.25, -0.2) is 4.98 Å². The van der Waals surface area contributed by atoms with Crippen molar-refractivity contribution >= 4 is 34.2 Å². The van der Waals surface area contributed by atoms with Gasteiger partial charge in [-0.05, 0) is 29.7 Å². The van der Waals surface area contributed by atoms with Crippen molar-refractivity contribution in [3.8, 4) is 0 Å². The van der Waals surface area contributed by atoms with Crippen molar-refractivity contribution in [3.05, 3.63) is 59.9 Å². The van der Waals surface area contributed by atoms with Gasteiger partial charge in [-0.15, -0.1) is 0 Å². The highest BCUT2D eigenvalue weighted by Crippen LogP contribution is 2.15. The Bertz CT molecular complexity index is 765. The Morgan fingerprint density at radius 1 is 1.19 bits per heavy atom. The lowest BCUT2D eigenvalue weighted by Gasteiger charge is -2.06. The summed E-state index contributed by atoms with van der Waals surface area (Å²) in [7, 11) is 0. The summed E-state index contributed by atoms with van der Waals surface area (Å²) >= 11 is 5.75. The minimum absolute atomic E-state index is 0.0670. The molecule has 0 unspecified atom stereocenters. The predicted octanol–water partition coefficient (Wildman–Crippen LogP) is 3.72. The monoisotopic (exact) mass is 299 g/mol. The number of rotatable bonds is 4. The molecule has 1 N–H and O–H groups in total. The van der Waals surface area contributed by atoms with Gasteiger partial charge in [-0.2, -0.15) is 0 Å². The lowest BCUT2D eigenvalue weighted by molar-refractivity contribution is -0.116. The molecule has 0 saturated carbocycles. The normalized spacial score (nSPS) is 10.7. The van der Waals surface area contributed by atoms with E-state index in [1.54, 1.807) is 12.1 Å². The van der Waals surface area contributed by atoms with E-state index < -0.39 is 0 Å². The summed E-state index contributed by atoms with van der Waals surface area (Å²) in [6.45, 7) is 0.632. The van der Waals surface area contributed by atoms with Crippen molar-refractivity contribution < 1.29 is 4.79 Å². The molecule has 2 aromatic heterocycles. The van der Waals surface area contributed by atoms with Crippen molar-refractivity contribution in [2.24, 2.45) is 0 Å². The van der Waals surface area contributed by atoms with Gasteiger partial charge in [0.25, 0.3) is 0 Å². The van der Waals surface area contributed by atoms with Crippen LogP contribution in [0.15, 0.2) is 54.9 Å². The number of fused-ring (bicyclic) bond motifs is 1. The number of hydrogen-bond donors (Lipinski definition) is 1. The Morgan fingerprint density at radius 3 is 2.86 bits per heavy atom. The molecule has 0 radical (unpaired) electrons. The summed E-state index contributed by atoms with van der Waals surface area (Å²) in [6.07, 6.45) is 3.90. The molecule has 0 saturated heterocycles. The van der Waals surface area contributed by atoms with E-state index in [0.717, 1.165) is 5.52 Å². The first-order valence-electron chi connectivity index (χ1n) is 6.68. The van der Waals surface area contributed by atoms with E-state index in [1.807, 2.05) is 30.5 Å². The SMILES string of the molecule is O=C(CCn1ccc2ccccc21)Nc1ccc(Cl)cn1. The number of halogens is 1. The predicted molar refractivity (Wildman–Crippen MR) is 84.4 cm³/mol. The molecule has 3 rings (SSSR count). The van der Waals surface area contributed by atoms with Crippen LogP contribution in [0.1, 0.15) is 6.42 Å². The number of nitrogens with one attached hydrogen (secondary N) is 1. The fourth-order valence-corrected chi connectivity index (χ4v) is 2.32. The van der Waals surface area contributed by atoms with Crippen LogP contribution in [0.2, 0.25) is 5.02 Å². The molecule has 3 aromatic rings. The number of pyridine rings is 1. The average molecular weight is 300 g/mol. The number of carbonyl (C=O) groups is 1. The molecule has 1 aromatic carbocycles. The number of benzene rings is 1. The highest BCUT2D eigenvalue weighted by atomic mass is 35.5. The molecule has 0 fully saturated rings. The Balaban J connectivity index is 1.62. The Morgan fingerprint density at radius 2 is 2.05 bits per heavy atom. The molecule has 0 aliphatic heterocycles. The van der Waals surface area contributed by atoms with Crippen molar-refractivity contribution in [2.45, 2.75) is 13.0 Å². The van der Waals surface area contributed by atoms with E-state index in [9.17, 15) is 4.79 Å². The van der Waals surface area contributed by atoms with Gasteiger partial charge in [0, 0.05) is 30.9 Å². The maximum atomic E-state index is 11.9. The molecule has 0 aliphatic rings. The lowest BCUT2D eigenvalue weighted by Crippen LogP contribution is -2.14. The highest BCUT2D eigenvalue weighted by Gasteiger charge is 2.05. The maximum Gasteiger partial charge on any atom is 0.227 e. The number of aromatic nitrogens is 2. The minimum Gasteiger partial charge on any atom is -0.347 e. The van der Waals surface area contributed by atoms with Crippen LogP contribution in [0.5, 0.6) is 0 Å². The van der Waals surface area contributed by atoms with Crippen molar-refractivity contribution in [2.75, 3.05) is 5.32 Å². The number of aryl methyl sites for hydroxylation is 1. The molecular formula is C16H14ClN3O. The smallest absolute Gasteiger partial charge is 0.227 e. The third kappa shape index (κ3) is 3.23. The standard InChI is InChI=1S/C16H14ClN3O/c17-13-5-6-15(18-11-13)19-16(21)8-10-20-9-7-12-3-1-2-4-14(12)20/h1-7,9,11H,8,10H2,(H,18,19,21). The van der Waals surface area contributed by atoms with E-state index in [1.165, 1.54) is 11.6 Å². The van der Waals surface area contributed by atoms with Gasteiger partial charge in [0.05, 0.1) is 5.02 Å². The van der Waals surface area contributed by atoms with Gasteiger partial charge in [-0.3, -0.25) is 4.79 Å². The number of nitrogens with zero attached hydrogens (tertiary/aromatic N) is 2. The molecule has 0 aliphatic carbocycles. The maximum absolute atomic E-state index is 11.9. The van der Waals surface area contributed by atoms with E-state index in [4.69, 9.17) is 11.6 Å². The Hall–Kier alpha value is -2.33. The van der Waals surface area contributed by atoms with E-state index in [0.29, 0.717) is 23.8 Å². The summed E-state index contributed by atoms with van der Waals surface area (Å²) in [4.78, 5) is 16.0. The largest absolute Gasteiger partial charge is 0.347 e. The zero-order valence-electron chi connectivity index (χ0n) is 11.3. The van der Waals surface area contributed by atoms with Gasteiger partial charge in [0.1, 0.15) is 5.82 Å². The van der Waals surface area contributed by atoms with Crippen molar-refractivity contribution in [1.82, 2.24) is 9.55 Å². The third-order valence-corrected chi connectivity index (χ3v) is 3.48. The first-order chi connectivity index (χ1) is 10.2. The zero-order chi connectivity index (χ0) is 14.7. The van der Waals surface area contributed by atoms with Crippen LogP contribution in [-0.2, 0) is 11.3 Å². The fraction of sp³-hybridized carbons (Fsp3) is 0.125. The topological polar surface area (TPSA) is 46.9 Å². The van der Waals surface area contributed by atoms with Gasteiger partial charge >= 0.3 is 0 Å². The number of carbonyl (C=O) groups excluding carboxylic acids is 1. The van der Waals surface area contributed by atoms with Crippen LogP contribution < -0.4 is 5.32 Å². The molecule has 4 nitrogen and oxygen atoms in total. The average Bonchev–Trinajstić information content (AvgIpc) is 2.91. The molecule has 21 heavy (non-hydrogen) atoms. The molecule has 0 atom stereocenters. The van der Waals surface area contributed by atoms with E-state index >= 15 is 0 Å². The van der Waals surface area contributed by atoms with Crippen LogP contribution in [0.25, 0.3) is 10.9 Å². The summed E-state index contributed by atoms with van der Waals surface area (Å²) < 4.78 is 2.07. The molecule has 106 valence electrons. The quantitative estimate of drug-likeness (QED) is 0.798. The number of anilines is 1. The van der Waals surface area contributed by atoms with Crippen LogP contribution in [0.4, 0.5) is 5.82 Å². The molecule has 0 bridgehead atoms. The zero-order valence-corrected chi connectivity index (χ0v) is 12.0. The highest BCUT2D eigenvalue weighted by molar-refractivity contribution is 6.30. The second-order valence-corrected chi connectivity index (χ2v) is 5.16. The van der Waals surface area contributed by atoms with Crippen LogP contribution in [-0.4, -0.2) is 15.5 Å². The minimum atomic E-state index is -0.0670. The number of para-hydroxylation sites is 1. The van der Waals surface area contributed by atoms with Crippen LogP contribution in [0.3, 0.4) is 0 Å². The van der Waals surface area contributed by atoms with E-state index in [2.05, 4.69) is 20.9 Å². The summed E-state index contributed by atoms with van der Waals surface area (Å²) in [5, 5.41) is 4.48. The summed E-state index contributed by atoms with van der Waals surface area (Å²) in [5.74, 6) is 0.448. The molecule has 2 heterocycles. The second kappa shape index (κ2) is 5.97. The van der Waals surface area contributed by atoms with Gasteiger partial charge in [0.15, 0.2) is 0 Å². The third-order valence-electron chi connectivity index (χ3n) is 3.25. The first-order valence-corrected chi connectivity index (χ1v) is 7.05. The second-order valence-electron chi connectivity index (χ2n) is 4.73. The Kier molecular flexibility index (Phi) is 3.88. The summed E-state index contributed by atoms with van der Waals surface area (Å²) in [5.41, 5.74) is 1.13. The fourth-order valence-electron chi connectivity index (χ4n) is 2.21.